The van der Waals surface area contributed by atoms with Gasteiger partial charge in [0.2, 0.25) is 0 Å². The molecule has 0 saturated heterocycles. The van der Waals surface area contributed by atoms with Gasteiger partial charge in [-0.2, -0.15) is 13.2 Å². The molecule has 0 aliphatic rings. The first-order chi connectivity index (χ1) is 12.3. The lowest BCUT2D eigenvalue weighted by Crippen LogP contribution is -2.15. The van der Waals surface area contributed by atoms with Crippen LogP contribution in [0.2, 0.25) is 0 Å². The summed E-state index contributed by atoms with van der Waals surface area (Å²) in [4.78, 5) is 12.6. The van der Waals surface area contributed by atoms with Crippen LogP contribution in [0.25, 0.3) is 11.1 Å². The van der Waals surface area contributed by atoms with Crippen LogP contribution in [0, 0.1) is 0 Å². The smallest absolute Gasteiger partial charge is 0.416 e. The van der Waals surface area contributed by atoms with Gasteiger partial charge in [0.15, 0.2) is 0 Å². The minimum absolute atomic E-state index is 0.0204. The highest BCUT2D eigenvalue weighted by Gasteiger charge is 2.32. The lowest BCUT2D eigenvalue weighted by molar-refractivity contribution is -0.137. The Balaban J connectivity index is 2.04. The van der Waals surface area contributed by atoms with E-state index in [0.29, 0.717) is 16.8 Å². The molecule has 3 rings (SSSR count). The van der Waals surface area contributed by atoms with Gasteiger partial charge >= 0.3 is 6.18 Å². The van der Waals surface area contributed by atoms with Gasteiger partial charge in [-0.25, -0.2) is 0 Å². The molecule has 0 atom stereocenters. The highest BCUT2D eigenvalue weighted by molar-refractivity contribution is 6.08. The molecule has 6 heteroatoms. The molecular formula is C20H14F3NO2. The van der Waals surface area contributed by atoms with E-state index in [4.69, 9.17) is 0 Å². The number of halogens is 3. The number of alkyl halides is 3. The summed E-state index contributed by atoms with van der Waals surface area (Å²) in [5.74, 6) is -0.646. The Labute approximate surface area is 147 Å². The van der Waals surface area contributed by atoms with Crippen molar-refractivity contribution in [1.29, 1.82) is 0 Å². The van der Waals surface area contributed by atoms with Crippen LogP contribution < -0.4 is 5.32 Å². The van der Waals surface area contributed by atoms with E-state index in [1.54, 1.807) is 30.3 Å². The number of hydrogen-bond acceptors (Lipinski definition) is 2. The van der Waals surface area contributed by atoms with Crippen molar-refractivity contribution in [2.75, 3.05) is 5.32 Å². The van der Waals surface area contributed by atoms with Gasteiger partial charge in [0, 0.05) is 11.3 Å². The molecule has 3 nitrogen and oxygen atoms in total. The number of nitrogens with one attached hydrogen (secondary N) is 1. The van der Waals surface area contributed by atoms with Gasteiger partial charge in [0.25, 0.3) is 5.91 Å². The van der Waals surface area contributed by atoms with Crippen molar-refractivity contribution in [2.24, 2.45) is 0 Å². The van der Waals surface area contributed by atoms with Crippen LogP contribution in [0.1, 0.15) is 15.9 Å². The van der Waals surface area contributed by atoms with E-state index in [0.717, 1.165) is 12.1 Å². The van der Waals surface area contributed by atoms with Crippen LogP contribution in [0.3, 0.4) is 0 Å². The van der Waals surface area contributed by atoms with Crippen LogP contribution in [-0.2, 0) is 6.18 Å². The topological polar surface area (TPSA) is 49.3 Å². The highest BCUT2D eigenvalue weighted by atomic mass is 19.4. The molecule has 0 aliphatic heterocycles. The quantitative estimate of drug-likeness (QED) is 0.623. The third-order valence-electron chi connectivity index (χ3n) is 3.80. The Bertz CT molecular complexity index is 920. The Kier molecular flexibility index (Phi) is 4.67. The van der Waals surface area contributed by atoms with E-state index < -0.39 is 17.6 Å². The van der Waals surface area contributed by atoms with Gasteiger partial charge in [0.1, 0.15) is 5.75 Å². The maximum Gasteiger partial charge on any atom is 0.416 e. The lowest BCUT2D eigenvalue weighted by Gasteiger charge is -2.14. The summed E-state index contributed by atoms with van der Waals surface area (Å²) in [6.07, 6.45) is -4.55. The SMILES string of the molecule is O=C(Nc1ccc(O)cc1)c1cc(C(F)(F)F)ccc1-c1ccccc1. The summed E-state index contributed by atoms with van der Waals surface area (Å²) in [5.41, 5.74) is 0.420. The monoisotopic (exact) mass is 357 g/mol. The molecule has 26 heavy (non-hydrogen) atoms. The van der Waals surface area contributed by atoms with E-state index in [2.05, 4.69) is 5.32 Å². The van der Waals surface area contributed by atoms with Gasteiger partial charge in [-0.3, -0.25) is 4.79 Å². The van der Waals surface area contributed by atoms with Crippen molar-refractivity contribution >= 4 is 11.6 Å². The molecule has 3 aromatic carbocycles. The molecule has 0 fully saturated rings. The van der Waals surface area contributed by atoms with Crippen molar-refractivity contribution in [1.82, 2.24) is 0 Å². The number of carbonyl (C=O) groups excluding carboxylic acids is 1. The van der Waals surface area contributed by atoms with Crippen LogP contribution in [0.15, 0.2) is 72.8 Å². The molecular weight excluding hydrogens is 343 g/mol. The molecule has 0 unspecified atom stereocenters. The number of amides is 1. The fourth-order valence-corrected chi connectivity index (χ4v) is 2.52. The fraction of sp³-hybridized carbons (Fsp3) is 0.0500. The van der Waals surface area contributed by atoms with E-state index in [9.17, 15) is 23.1 Å². The zero-order valence-corrected chi connectivity index (χ0v) is 13.4. The van der Waals surface area contributed by atoms with Crippen LogP contribution in [0.5, 0.6) is 5.75 Å². The molecule has 0 aliphatic carbocycles. The second-order valence-corrected chi connectivity index (χ2v) is 5.63. The molecule has 0 heterocycles. The van der Waals surface area contributed by atoms with E-state index in [1.807, 2.05) is 0 Å². The number of carbonyl (C=O) groups is 1. The van der Waals surface area contributed by atoms with Crippen molar-refractivity contribution in [2.45, 2.75) is 6.18 Å². The molecule has 0 aromatic heterocycles. The molecule has 1 amide bonds. The minimum atomic E-state index is -4.55. The second-order valence-electron chi connectivity index (χ2n) is 5.63. The number of hydrogen-bond donors (Lipinski definition) is 2. The third kappa shape index (κ3) is 3.85. The average Bonchev–Trinajstić information content (AvgIpc) is 2.63. The van der Waals surface area contributed by atoms with Crippen molar-refractivity contribution in [3.63, 3.8) is 0 Å². The van der Waals surface area contributed by atoms with Crippen molar-refractivity contribution in [3.05, 3.63) is 83.9 Å². The normalized spacial score (nSPS) is 11.2. The van der Waals surface area contributed by atoms with Crippen LogP contribution >= 0.6 is 0 Å². The number of phenols is 1. The zero-order valence-electron chi connectivity index (χ0n) is 13.4. The Morgan fingerprint density at radius 2 is 1.54 bits per heavy atom. The van der Waals surface area contributed by atoms with Crippen LogP contribution in [-0.4, -0.2) is 11.0 Å². The second kappa shape index (κ2) is 6.92. The number of anilines is 1. The van der Waals surface area contributed by atoms with Gasteiger partial charge in [-0.15, -0.1) is 0 Å². The first kappa shape index (κ1) is 17.5. The molecule has 0 bridgehead atoms. The summed E-state index contributed by atoms with van der Waals surface area (Å²) in [5, 5.41) is 11.8. The molecule has 0 saturated carbocycles. The van der Waals surface area contributed by atoms with E-state index in [-0.39, 0.29) is 11.3 Å². The van der Waals surface area contributed by atoms with Gasteiger partial charge in [-0.05, 0) is 47.5 Å². The Hall–Kier alpha value is -3.28. The summed E-state index contributed by atoms with van der Waals surface area (Å²) < 4.78 is 39.2. The Morgan fingerprint density at radius 1 is 0.885 bits per heavy atom. The standard InChI is InChI=1S/C20H14F3NO2/c21-20(22,23)14-6-11-17(13-4-2-1-3-5-13)18(12-14)19(26)24-15-7-9-16(25)10-8-15/h1-12,25H,(H,24,26). The average molecular weight is 357 g/mol. The summed E-state index contributed by atoms with van der Waals surface area (Å²) in [7, 11) is 0. The number of rotatable bonds is 3. The maximum absolute atomic E-state index is 13.1. The number of benzene rings is 3. The van der Waals surface area contributed by atoms with Crippen molar-refractivity contribution < 1.29 is 23.1 Å². The first-order valence-electron chi connectivity index (χ1n) is 7.71. The molecule has 132 valence electrons. The van der Waals surface area contributed by atoms with E-state index in [1.165, 1.54) is 30.3 Å². The summed E-state index contributed by atoms with van der Waals surface area (Å²) >= 11 is 0. The lowest BCUT2D eigenvalue weighted by atomic mass is 9.96. The largest absolute Gasteiger partial charge is 0.508 e. The number of aromatic hydroxyl groups is 1. The highest BCUT2D eigenvalue weighted by Crippen LogP contribution is 2.33. The van der Waals surface area contributed by atoms with Gasteiger partial charge in [0.05, 0.1) is 5.56 Å². The predicted molar refractivity (Wildman–Crippen MR) is 92.9 cm³/mol. The predicted octanol–water partition coefficient (Wildman–Crippen LogP) is 5.33. The maximum atomic E-state index is 13.1. The molecule has 2 N–H and O–H groups in total. The fourth-order valence-electron chi connectivity index (χ4n) is 2.52. The first-order valence-corrected chi connectivity index (χ1v) is 7.71. The molecule has 0 radical (unpaired) electrons. The minimum Gasteiger partial charge on any atom is -0.508 e. The van der Waals surface area contributed by atoms with Crippen molar-refractivity contribution in [3.8, 4) is 16.9 Å². The Morgan fingerprint density at radius 3 is 2.15 bits per heavy atom. The van der Waals surface area contributed by atoms with E-state index >= 15 is 0 Å². The van der Waals surface area contributed by atoms with Crippen LogP contribution in [0.4, 0.5) is 18.9 Å². The zero-order chi connectivity index (χ0) is 18.7. The molecule has 0 spiro atoms. The number of phenolic OH excluding ortho intramolecular Hbond substituents is 1. The summed E-state index contributed by atoms with van der Waals surface area (Å²) in [6, 6.07) is 17.5. The van der Waals surface area contributed by atoms with Gasteiger partial charge < -0.3 is 10.4 Å². The summed E-state index contributed by atoms with van der Waals surface area (Å²) in [6.45, 7) is 0. The third-order valence-corrected chi connectivity index (χ3v) is 3.80. The molecule has 3 aromatic rings. The van der Waals surface area contributed by atoms with Gasteiger partial charge in [-0.1, -0.05) is 36.4 Å².